The van der Waals surface area contributed by atoms with Crippen molar-refractivity contribution in [3.8, 4) is 0 Å². The van der Waals surface area contributed by atoms with E-state index in [4.69, 9.17) is 9.05 Å². The van der Waals surface area contributed by atoms with Gasteiger partial charge in [0.25, 0.3) is 7.82 Å². The minimum Gasteiger partial charge on any atom is -0.756 e. The van der Waals surface area contributed by atoms with E-state index in [-0.39, 0.29) is 30.3 Å². The molecule has 0 fully saturated rings. The van der Waals surface area contributed by atoms with Gasteiger partial charge < -0.3 is 13.9 Å². The van der Waals surface area contributed by atoms with Crippen LogP contribution in [0.2, 0.25) is 0 Å². The fraction of sp³-hybridized carbons (Fsp3) is 1.00. The molecule has 0 radical (unpaired) electrons. The summed E-state index contributed by atoms with van der Waals surface area (Å²) < 4.78 is 21.9. The van der Waals surface area contributed by atoms with Crippen LogP contribution >= 0.6 is 7.82 Å². The van der Waals surface area contributed by atoms with Crippen molar-refractivity contribution in [3.63, 3.8) is 0 Å². The molecule has 0 saturated heterocycles. The number of unbranched alkanes of at least 4 members (excludes halogenated alkanes) is 2. The van der Waals surface area contributed by atoms with E-state index >= 15 is 0 Å². The van der Waals surface area contributed by atoms with Gasteiger partial charge in [-0.15, -0.1) is 0 Å². The maximum atomic E-state index is 11.8. The van der Waals surface area contributed by atoms with Gasteiger partial charge in [-0.3, -0.25) is 4.57 Å². The minimum atomic E-state index is -4.14. The Hall–Kier alpha value is 0.629. The van der Waals surface area contributed by atoms with Gasteiger partial charge in [0.1, 0.15) is 0 Å². The molecule has 0 heterocycles. The summed E-state index contributed by atoms with van der Waals surface area (Å²) in [5.74, 6) is 0.607. The van der Waals surface area contributed by atoms with Gasteiger partial charge in [-0.05, 0) is 24.7 Å². The van der Waals surface area contributed by atoms with Gasteiger partial charge in [0, 0.05) is 0 Å². The van der Waals surface area contributed by atoms with Crippen LogP contribution < -0.4 is 4.89 Å². The molecule has 0 aliphatic heterocycles. The van der Waals surface area contributed by atoms with E-state index in [1.165, 1.54) is 0 Å². The fourth-order valence-corrected chi connectivity index (χ4v) is 3.09. The van der Waals surface area contributed by atoms with Crippen LogP contribution in [-0.2, 0) is 30.7 Å². The van der Waals surface area contributed by atoms with Crippen molar-refractivity contribution in [2.75, 3.05) is 13.2 Å². The van der Waals surface area contributed by atoms with Gasteiger partial charge in [0.2, 0.25) is 0 Å². The second-order valence-corrected chi connectivity index (χ2v) is 7.28. The van der Waals surface area contributed by atoms with Gasteiger partial charge in [-0.1, -0.05) is 66.2 Å². The fourth-order valence-electron chi connectivity index (χ4n) is 2.23. The average molecular weight is 377 g/mol. The summed E-state index contributed by atoms with van der Waals surface area (Å²) in [6.07, 6.45) is 8.38. The monoisotopic (exact) mass is 377 g/mol. The van der Waals surface area contributed by atoms with Crippen LogP contribution in [-0.4, -0.2) is 13.2 Å². The van der Waals surface area contributed by atoms with Crippen molar-refractivity contribution >= 4 is 7.82 Å². The number of hydrogen-bond donors (Lipinski definition) is 0. The summed E-state index contributed by atoms with van der Waals surface area (Å²) >= 11 is 0. The van der Waals surface area contributed by atoms with Crippen LogP contribution in [0.25, 0.3) is 0 Å². The number of hydrogen-bond acceptors (Lipinski definition) is 4. The Bertz CT molecular complexity index is 265. The van der Waals surface area contributed by atoms with Crippen molar-refractivity contribution in [3.05, 3.63) is 0 Å². The van der Waals surface area contributed by atoms with E-state index in [1.807, 2.05) is 0 Å². The smallest absolute Gasteiger partial charge is 0.756 e. The molecule has 22 heavy (non-hydrogen) atoms. The third-order valence-corrected chi connectivity index (χ3v) is 4.95. The van der Waals surface area contributed by atoms with Crippen molar-refractivity contribution in [1.29, 1.82) is 0 Å². The summed E-state index contributed by atoms with van der Waals surface area (Å²) in [4.78, 5) is 11.8. The Labute approximate surface area is 147 Å². The summed E-state index contributed by atoms with van der Waals surface area (Å²) in [6.45, 7) is 8.91. The molecule has 0 aromatic heterocycles. The third-order valence-electron chi connectivity index (χ3n) is 4.02. The second-order valence-electron chi connectivity index (χ2n) is 5.87. The minimum absolute atomic E-state index is 0. The van der Waals surface area contributed by atoms with Crippen molar-refractivity contribution in [1.82, 2.24) is 0 Å². The Morgan fingerprint density at radius 2 is 1.23 bits per heavy atom. The molecule has 4 nitrogen and oxygen atoms in total. The average Bonchev–Trinajstić information content (AvgIpc) is 2.47. The summed E-state index contributed by atoms with van der Waals surface area (Å²) in [5, 5.41) is 0. The van der Waals surface area contributed by atoms with Crippen molar-refractivity contribution in [2.45, 2.75) is 79.1 Å². The molecule has 0 N–H and O–H groups in total. The van der Waals surface area contributed by atoms with Crippen LogP contribution in [0, 0.1) is 11.8 Å². The molecule has 0 bridgehead atoms. The SMILES string of the molecule is CCCCC(CC)COP(=O)([O-])OCC(CC)CCCC.[Fe+2]. The Morgan fingerprint density at radius 3 is 1.50 bits per heavy atom. The van der Waals surface area contributed by atoms with Gasteiger partial charge in [0.05, 0.1) is 13.2 Å². The summed E-state index contributed by atoms with van der Waals surface area (Å²) in [6, 6.07) is 0. The Morgan fingerprint density at radius 1 is 0.864 bits per heavy atom. The zero-order valence-corrected chi connectivity index (χ0v) is 16.7. The van der Waals surface area contributed by atoms with Gasteiger partial charge >= 0.3 is 17.1 Å². The molecule has 0 saturated carbocycles. The van der Waals surface area contributed by atoms with E-state index in [0.717, 1.165) is 51.4 Å². The molecular weight excluding hydrogens is 343 g/mol. The van der Waals surface area contributed by atoms with Gasteiger partial charge in [0.15, 0.2) is 0 Å². The molecule has 0 rings (SSSR count). The first-order valence-electron chi connectivity index (χ1n) is 8.59. The maximum Gasteiger partial charge on any atom is 2.00 e. The van der Waals surface area contributed by atoms with Crippen LogP contribution in [0.15, 0.2) is 0 Å². The predicted octanol–water partition coefficient (Wildman–Crippen LogP) is 4.92. The molecule has 2 unspecified atom stereocenters. The predicted molar refractivity (Wildman–Crippen MR) is 86.1 cm³/mol. The topological polar surface area (TPSA) is 58.6 Å². The first-order chi connectivity index (χ1) is 9.99. The van der Waals surface area contributed by atoms with Gasteiger partial charge in [-0.2, -0.15) is 0 Å². The number of phosphoric ester groups is 1. The normalized spacial score (nSPS) is 16.6. The summed E-state index contributed by atoms with van der Waals surface area (Å²) in [7, 11) is -4.14. The zero-order valence-electron chi connectivity index (χ0n) is 14.7. The third kappa shape index (κ3) is 13.1. The maximum absolute atomic E-state index is 11.8. The number of rotatable bonds is 14. The largest absolute Gasteiger partial charge is 2.00 e. The van der Waals surface area contributed by atoms with E-state index in [0.29, 0.717) is 11.8 Å². The van der Waals surface area contributed by atoms with E-state index in [1.54, 1.807) is 0 Å². The standard InChI is InChI=1S/C16H35O4P.Fe/c1-5-9-11-15(7-3)13-19-21(17,18)20-14-16(8-4)12-10-6-2;/h15-16H,5-14H2,1-4H3,(H,17,18);/q;+2/p-1. The van der Waals surface area contributed by atoms with Crippen LogP contribution in [0.4, 0.5) is 0 Å². The molecule has 0 spiro atoms. The molecule has 0 amide bonds. The van der Waals surface area contributed by atoms with Crippen LogP contribution in [0.5, 0.6) is 0 Å². The van der Waals surface area contributed by atoms with Gasteiger partial charge in [-0.25, -0.2) is 0 Å². The quantitative estimate of drug-likeness (QED) is 0.319. The molecule has 134 valence electrons. The van der Waals surface area contributed by atoms with E-state index in [9.17, 15) is 9.46 Å². The summed E-state index contributed by atoms with van der Waals surface area (Å²) in [5.41, 5.74) is 0. The molecule has 0 aromatic rings. The molecule has 6 heteroatoms. The van der Waals surface area contributed by atoms with E-state index < -0.39 is 7.82 Å². The second kappa shape index (κ2) is 15.2. The van der Waals surface area contributed by atoms with E-state index in [2.05, 4.69) is 27.7 Å². The van der Waals surface area contributed by atoms with Crippen molar-refractivity contribution in [2.24, 2.45) is 11.8 Å². The molecule has 2 atom stereocenters. The first-order valence-corrected chi connectivity index (χ1v) is 10.0. The Balaban J connectivity index is 0. The first kappa shape index (κ1) is 24.9. The zero-order chi connectivity index (χ0) is 16.1. The Kier molecular flexibility index (Phi) is 17.2. The molecule has 0 aliphatic carbocycles. The molecular formula is C16H34FeO4P+. The van der Waals surface area contributed by atoms with Crippen molar-refractivity contribution < 1.29 is 35.6 Å². The molecule has 0 aliphatic rings. The molecule has 0 aromatic carbocycles. The number of phosphoric acid groups is 1. The van der Waals surface area contributed by atoms with Crippen LogP contribution in [0.1, 0.15) is 79.1 Å². The van der Waals surface area contributed by atoms with Crippen LogP contribution in [0.3, 0.4) is 0 Å².